The van der Waals surface area contributed by atoms with Crippen LogP contribution in [-0.4, -0.2) is 37.8 Å². The molecule has 0 N–H and O–H groups in total. The van der Waals surface area contributed by atoms with E-state index in [1.807, 2.05) is 13.8 Å². The molecule has 0 bridgehead atoms. The fraction of sp³-hybridized carbons (Fsp3) is 0.600. The summed E-state index contributed by atoms with van der Waals surface area (Å²) in [6.45, 7) is 5.59. The van der Waals surface area contributed by atoms with Crippen LogP contribution in [0.4, 0.5) is 5.95 Å². The van der Waals surface area contributed by atoms with Crippen LogP contribution in [0.2, 0.25) is 0 Å². The van der Waals surface area contributed by atoms with Crippen molar-refractivity contribution in [2.75, 3.05) is 18.0 Å². The first-order valence-electron chi connectivity index (χ1n) is 5.20. The number of halogens is 1. The lowest BCUT2D eigenvalue weighted by atomic mass is 10.2. The summed E-state index contributed by atoms with van der Waals surface area (Å²) < 4.78 is 12.7. The SMILES string of the molecule is CC(C)S(=O)C1CN(c2ncc(Br)cn2)C1. The number of hydrogen-bond acceptors (Lipinski definition) is 4. The van der Waals surface area contributed by atoms with Crippen LogP contribution in [0.25, 0.3) is 0 Å². The molecule has 16 heavy (non-hydrogen) atoms. The summed E-state index contributed by atoms with van der Waals surface area (Å²) in [5.41, 5.74) is 0. The zero-order valence-corrected chi connectivity index (χ0v) is 11.7. The Morgan fingerprint density at radius 3 is 2.50 bits per heavy atom. The fourth-order valence-electron chi connectivity index (χ4n) is 1.60. The lowest BCUT2D eigenvalue weighted by Gasteiger charge is -2.39. The molecule has 0 aliphatic carbocycles. The molecule has 2 heterocycles. The van der Waals surface area contributed by atoms with Crippen molar-refractivity contribution in [2.45, 2.75) is 24.3 Å². The van der Waals surface area contributed by atoms with E-state index in [9.17, 15) is 4.21 Å². The maximum atomic E-state index is 11.8. The second kappa shape index (κ2) is 4.79. The van der Waals surface area contributed by atoms with Gasteiger partial charge in [0.2, 0.25) is 5.95 Å². The molecular weight excluding hydrogens is 290 g/mol. The van der Waals surface area contributed by atoms with E-state index in [1.165, 1.54) is 0 Å². The summed E-state index contributed by atoms with van der Waals surface area (Å²) in [6, 6.07) is 0. The zero-order chi connectivity index (χ0) is 11.7. The van der Waals surface area contributed by atoms with E-state index in [0.717, 1.165) is 23.5 Å². The average molecular weight is 304 g/mol. The summed E-state index contributed by atoms with van der Waals surface area (Å²) in [4.78, 5) is 10.5. The van der Waals surface area contributed by atoms with Gasteiger partial charge < -0.3 is 4.90 Å². The van der Waals surface area contributed by atoms with Crippen LogP contribution in [0, 0.1) is 0 Å². The molecule has 1 aliphatic heterocycles. The second-order valence-electron chi connectivity index (χ2n) is 4.11. The first-order valence-corrected chi connectivity index (χ1v) is 7.26. The fourth-order valence-corrected chi connectivity index (χ4v) is 3.23. The molecule has 0 spiro atoms. The Labute approximate surface area is 106 Å². The second-order valence-corrected chi connectivity index (χ2v) is 7.29. The maximum Gasteiger partial charge on any atom is 0.225 e. The number of rotatable bonds is 3. The Bertz CT molecular complexity index is 390. The average Bonchev–Trinajstić information content (AvgIpc) is 2.18. The van der Waals surface area contributed by atoms with E-state index in [-0.39, 0.29) is 10.5 Å². The van der Waals surface area contributed by atoms with Gasteiger partial charge in [0.15, 0.2) is 0 Å². The third-order valence-corrected chi connectivity index (χ3v) is 4.82. The van der Waals surface area contributed by atoms with Gasteiger partial charge in [-0.2, -0.15) is 0 Å². The van der Waals surface area contributed by atoms with Crippen molar-refractivity contribution >= 4 is 32.7 Å². The molecule has 2 rings (SSSR count). The molecule has 1 aliphatic rings. The minimum absolute atomic E-state index is 0.234. The van der Waals surface area contributed by atoms with Gasteiger partial charge in [0.1, 0.15) is 0 Å². The number of nitrogens with zero attached hydrogens (tertiary/aromatic N) is 3. The third kappa shape index (κ3) is 2.43. The van der Waals surface area contributed by atoms with Gasteiger partial charge in [0.25, 0.3) is 0 Å². The minimum atomic E-state index is -0.735. The van der Waals surface area contributed by atoms with E-state index in [4.69, 9.17) is 0 Å². The maximum absolute atomic E-state index is 11.8. The molecule has 0 amide bonds. The molecule has 1 fully saturated rings. The Kier molecular flexibility index (Phi) is 3.59. The third-order valence-electron chi connectivity index (χ3n) is 2.53. The molecule has 1 aromatic heterocycles. The van der Waals surface area contributed by atoms with Crippen LogP contribution in [0.1, 0.15) is 13.8 Å². The van der Waals surface area contributed by atoms with Crippen LogP contribution in [0.3, 0.4) is 0 Å². The van der Waals surface area contributed by atoms with E-state index >= 15 is 0 Å². The van der Waals surface area contributed by atoms with E-state index in [0.29, 0.717) is 0 Å². The number of anilines is 1. The quantitative estimate of drug-likeness (QED) is 0.851. The van der Waals surface area contributed by atoms with Crippen molar-refractivity contribution in [2.24, 2.45) is 0 Å². The van der Waals surface area contributed by atoms with Crippen LogP contribution in [0.15, 0.2) is 16.9 Å². The Balaban J connectivity index is 1.93. The van der Waals surface area contributed by atoms with Crippen LogP contribution >= 0.6 is 15.9 Å². The van der Waals surface area contributed by atoms with Crippen LogP contribution in [-0.2, 0) is 10.8 Å². The molecule has 0 saturated carbocycles. The Morgan fingerprint density at radius 2 is 2.00 bits per heavy atom. The van der Waals surface area contributed by atoms with Crippen LogP contribution in [0.5, 0.6) is 0 Å². The highest BCUT2D eigenvalue weighted by molar-refractivity contribution is 9.10. The topological polar surface area (TPSA) is 46.1 Å². The van der Waals surface area contributed by atoms with Gasteiger partial charge in [-0.1, -0.05) is 13.8 Å². The first-order chi connectivity index (χ1) is 7.58. The van der Waals surface area contributed by atoms with Crippen molar-refractivity contribution in [3.05, 3.63) is 16.9 Å². The molecule has 6 heteroatoms. The highest BCUT2D eigenvalue weighted by atomic mass is 79.9. The van der Waals surface area contributed by atoms with Gasteiger partial charge in [-0.3, -0.25) is 4.21 Å². The number of aromatic nitrogens is 2. The molecule has 1 unspecified atom stereocenters. The Morgan fingerprint density at radius 1 is 1.44 bits per heavy atom. The Hall–Kier alpha value is -0.490. The van der Waals surface area contributed by atoms with E-state index < -0.39 is 10.8 Å². The van der Waals surface area contributed by atoms with E-state index in [1.54, 1.807) is 12.4 Å². The van der Waals surface area contributed by atoms with Crippen LogP contribution < -0.4 is 4.90 Å². The van der Waals surface area contributed by atoms with Gasteiger partial charge in [-0.15, -0.1) is 0 Å². The summed E-state index contributed by atoms with van der Waals surface area (Å²) in [6.07, 6.45) is 3.46. The smallest absolute Gasteiger partial charge is 0.225 e. The molecule has 1 aromatic rings. The van der Waals surface area contributed by atoms with Crippen molar-refractivity contribution in [3.8, 4) is 0 Å². The summed E-state index contributed by atoms with van der Waals surface area (Å²) in [5.74, 6) is 0.722. The largest absolute Gasteiger partial charge is 0.338 e. The predicted octanol–water partition coefficient (Wildman–Crippen LogP) is 1.58. The zero-order valence-electron chi connectivity index (χ0n) is 9.26. The van der Waals surface area contributed by atoms with Gasteiger partial charge >= 0.3 is 0 Å². The first kappa shape index (κ1) is 12.0. The molecule has 4 nitrogen and oxygen atoms in total. The highest BCUT2D eigenvalue weighted by Crippen LogP contribution is 2.21. The normalized spacial score (nSPS) is 18.6. The minimum Gasteiger partial charge on any atom is -0.338 e. The van der Waals surface area contributed by atoms with Gasteiger partial charge in [-0.25, -0.2) is 9.97 Å². The van der Waals surface area contributed by atoms with Gasteiger partial charge in [0.05, 0.1) is 9.72 Å². The van der Waals surface area contributed by atoms with Crippen molar-refractivity contribution in [1.29, 1.82) is 0 Å². The monoisotopic (exact) mass is 303 g/mol. The van der Waals surface area contributed by atoms with Crippen molar-refractivity contribution < 1.29 is 4.21 Å². The lowest BCUT2D eigenvalue weighted by Crippen LogP contribution is -2.54. The molecule has 0 radical (unpaired) electrons. The predicted molar refractivity (Wildman–Crippen MR) is 69.0 cm³/mol. The highest BCUT2D eigenvalue weighted by Gasteiger charge is 2.34. The number of hydrogen-bond donors (Lipinski definition) is 0. The van der Waals surface area contributed by atoms with Gasteiger partial charge in [-0.05, 0) is 15.9 Å². The molecule has 1 saturated heterocycles. The van der Waals surface area contributed by atoms with Gasteiger partial charge in [0, 0.05) is 41.5 Å². The molecular formula is C10H14BrN3OS. The van der Waals surface area contributed by atoms with Crippen molar-refractivity contribution in [1.82, 2.24) is 9.97 Å². The summed E-state index contributed by atoms with van der Waals surface area (Å²) in [7, 11) is -0.735. The molecule has 1 atom stereocenters. The summed E-state index contributed by atoms with van der Waals surface area (Å²) >= 11 is 3.30. The summed E-state index contributed by atoms with van der Waals surface area (Å²) in [5, 5.41) is 0.505. The lowest BCUT2D eigenvalue weighted by molar-refractivity contribution is 0.582. The van der Waals surface area contributed by atoms with E-state index in [2.05, 4.69) is 30.8 Å². The van der Waals surface area contributed by atoms with Crippen molar-refractivity contribution in [3.63, 3.8) is 0 Å². The molecule has 0 aromatic carbocycles. The molecule has 88 valence electrons. The standard InChI is InChI=1S/C10H14BrN3OS/c1-7(2)16(15)9-5-14(6-9)10-12-3-8(11)4-13-10/h3-4,7,9H,5-6H2,1-2H3.